The van der Waals surface area contributed by atoms with E-state index in [-0.39, 0.29) is 45.0 Å². The van der Waals surface area contributed by atoms with Crippen molar-refractivity contribution < 1.29 is 19.3 Å². The Labute approximate surface area is 198 Å². The summed E-state index contributed by atoms with van der Waals surface area (Å²) in [5.41, 5.74) is 7.44. The Kier molecular flexibility index (Phi) is 6.10. The molecule has 3 N–H and O–H groups in total. The second kappa shape index (κ2) is 9.32. The van der Waals surface area contributed by atoms with E-state index in [2.05, 4.69) is 35.8 Å². The van der Waals surface area contributed by atoms with Crippen molar-refractivity contribution in [3.63, 3.8) is 0 Å². The number of nitro groups is 2. The van der Waals surface area contributed by atoms with Gasteiger partial charge in [0.05, 0.1) is 26.6 Å². The number of nitrogens with two attached hydrogens (primary N) is 1. The van der Waals surface area contributed by atoms with Gasteiger partial charge in [0.15, 0.2) is 5.69 Å². The summed E-state index contributed by atoms with van der Waals surface area (Å²) in [6.45, 7) is 0. The van der Waals surface area contributed by atoms with E-state index in [9.17, 15) is 25.0 Å². The lowest BCUT2D eigenvalue weighted by Crippen LogP contribution is -2.19. The van der Waals surface area contributed by atoms with Gasteiger partial charge in [-0.1, -0.05) is 22.9 Å². The van der Waals surface area contributed by atoms with E-state index >= 15 is 0 Å². The van der Waals surface area contributed by atoms with Crippen LogP contribution in [0.4, 0.5) is 17.2 Å². The number of halogens is 1. The predicted octanol–water partition coefficient (Wildman–Crippen LogP) is 2.13. The topological polar surface area (TPSA) is 223 Å². The lowest BCUT2D eigenvalue weighted by Gasteiger charge is -2.06. The molecule has 0 unspecified atom stereocenters. The number of hydrazone groups is 1. The summed E-state index contributed by atoms with van der Waals surface area (Å²) in [5.74, 6) is -1.11. The van der Waals surface area contributed by atoms with Gasteiger partial charge in [0, 0.05) is 23.8 Å². The molecule has 0 aliphatic rings. The number of hydrogen-bond acceptors (Lipinski definition) is 12. The number of aromatic nitrogens is 5. The van der Waals surface area contributed by atoms with Gasteiger partial charge in [-0.2, -0.15) is 9.78 Å². The van der Waals surface area contributed by atoms with Gasteiger partial charge in [0.1, 0.15) is 5.69 Å². The lowest BCUT2D eigenvalue weighted by atomic mass is 10.1. The van der Waals surface area contributed by atoms with Crippen molar-refractivity contribution in [1.29, 1.82) is 0 Å². The molecule has 0 fully saturated rings. The standard InChI is InChI=1S/C18H11ClN10O6/c19-12-2-1-3-13(29(33)34)11(12)8-21-23-18(30)14-15(9-4-6-10(7-5-9)28(31)32)27(26-22-14)17-16(20)24-35-25-17/h1-8H,(H2,20,24)(H,23,30)/b21-8-. The van der Waals surface area contributed by atoms with Gasteiger partial charge in [0.2, 0.25) is 11.6 Å². The molecule has 0 radical (unpaired) electrons. The lowest BCUT2D eigenvalue weighted by molar-refractivity contribution is -0.385. The van der Waals surface area contributed by atoms with Gasteiger partial charge in [0.25, 0.3) is 17.3 Å². The van der Waals surface area contributed by atoms with Crippen LogP contribution in [0.1, 0.15) is 16.1 Å². The third-order valence-corrected chi connectivity index (χ3v) is 4.85. The Morgan fingerprint density at radius 1 is 1.14 bits per heavy atom. The Balaban J connectivity index is 1.71. The van der Waals surface area contributed by atoms with E-state index in [1.807, 2.05) is 0 Å². The van der Waals surface area contributed by atoms with E-state index < -0.39 is 15.8 Å². The van der Waals surface area contributed by atoms with Gasteiger partial charge < -0.3 is 5.73 Å². The van der Waals surface area contributed by atoms with E-state index in [0.717, 1.165) is 10.9 Å². The first-order chi connectivity index (χ1) is 16.8. The zero-order valence-electron chi connectivity index (χ0n) is 17.1. The first-order valence-electron chi connectivity index (χ1n) is 9.33. The van der Waals surface area contributed by atoms with Gasteiger partial charge >= 0.3 is 0 Å². The van der Waals surface area contributed by atoms with Crippen LogP contribution >= 0.6 is 11.6 Å². The molecular formula is C18H11ClN10O6. The van der Waals surface area contributed by atoms with E-state index in [1.54, 1.807) is 0 Å². The second-order valence-electron chi connectivity index (χ2n) is 6.60. The molecule has 16 nitrogen and oxygen atoms in total. The van der Waals surface area contributed by atoms with Crippen LogP contribution in [0.3, 0.4) is 0 Å². The van der Waals surface area contributed by atoms with Crippen LogP contribution in [-0.4, -0.2) is 47.3 Å². The highest BCUT2D eigenvalue weighted by Gasteiger charge is 2.25. The SMILES string of the molecule is Nc1nonc1-n1nnc(C(=O)N/N=C\c2c(Cl)cccc2[N+](=O)[O-])c1-c1ccc([N+](=O)[O-])cc1. The molecule has 0 spiro atoms. The van der Waals surface area contributed by atoms with E-state index in [4.69, 9.17) is 17.3 Å². The van der Waals surface area contributed by atoms with Crippen LogP contribution in [0.2, 0.25) is 5.02 Å². The van der Waals surface area contributed by atoms with Gasteiger partial charge in [-0.3, -0.25) is 25.0 Å². The molecule has 4 rings (SSSR count). The number of nitro benzene ring substituents is 2. The summed E-state index contributed by atoms with van der Waals surface area (Å²) in [7, 11) is 0. The van der Waals surface area contributed by atoms with Crippen molar-refractivity contribution >= 4 is 40.9 Å². The number of nitrogens with one attached hydrogen (secondary N) is 1. The number of nitrogen functional groups attached to an aromatic ring is 1. The summed E-state index contributed by atoms with van der Waals surface area (Å²) in [6, 6.07) is 9.21. The molecule has 0 bridgehead atoms. The summed E-state index contributed by atoms with van der Waals surface area (Å²) in [6.07, 6.45) is 1.01. The highest BCUT2D eigenvalue weighted by molar-refractivity contribution is 6.33. The molecule has 0 aliphatic heterocycles. The maximum absolute atomic E-state index is 12.9. The average molecular weight is 499 g/mol. The molecular weight excluding hydrogens is 488 g/mol. The highest BCUT2D eigenvalue weighted by Crippen LogP contribution is 2.28. The number of non-ortho nitro benzene ring substituents is 1. The number of hydrogen-bond donors (Lipinski definition) is 2. The molecule has 35 heavy (non-hydrogen) atoms. The fraction of sp³-hybridized carbons (Fsp3) is 0. The zero-order valence-corrected chi connectivity index (χ0v) is 17.9. The molecule has 0 atom stereocenters. The first kappa shape index (κ1) is 22.9. The van der Waals surface area contributed by atoms with Gasteiger partial charge in [-0.05, 0) is 28.5 Å². The molecule has 17 heteroatoms. The third-order valence-electron chi connectivity index (χ3n) is 4.52. The number of rotatable bonds is 7. The molecule has 0 saturated heterocycles. The van der Waals surface area contributed by atoms with Crippen LogP contribution in [0.25, 0.3) is 17.1 Å². The van der Waals surface area contributed by atoms with Crippen molar-refractivity contribution in [3.05, 3.63) is 79.0 Å². The second-order valence-corrected chi connectivity index (χ2v) is 7.01. The minimum Gasteiger partial charge on any atom is -0.378 e. The molecule has 0 aliphatic carbocycles. The van der Waals surface area contributed by atoms with E-state index in [1.165, 1.54) is 42.5 Å². The largest absolute Gasteiger partial charge is 0.378 e. The Bertz CT molecular complexity index is 1480. The van der Waals surface area contributed by atoms with Crippen molar-refractivity contribution in [2.75, 3.05) is 5.73 Å². The van der Waals surface area contributed by atoms with Crippen LogP contribution < -0.4 is 11.2 Å². The first-order valence-corrected chi connectivity index (χ1v) is 9.71. The molecule has 2 heterocycles. The summed E-state index contributed by atoms with van der Waals surface area (Å²) in [4.78, 5) is 33.8. The average Bonchev–Trinajstić information content (AvgIpc) is 3.45. The fourth-order valence-electron chi connectivity index (χ4n) is 2.94. The zero-order chi connectivity index (χ0) is 25.1. The molecule has 1 amide bonds. The number of anilines is 1. The van der Waals surface area contributed by atoms with Crippen LogP contribution in [0, 0.1) is 20.2 Å². The predicted molar refractivity (Wildman–Crippen MR) is 119 cm³/mol. The normalized spacial score (nSPS) is 11.0. The molecule has 0 saturated carbocycles. The summed E-state index contributed by atoms with van der Waals surface area (Å²) >= 11 is 6.01. The number of carbonyl (C=O) groups excluding carboxylic acids is 1. The number of carbonyl (C=O) groups is 1. The van der Waals surface area contributed by atoms with Crippen LogP contribution in [0.5, 0.6) is 0 Å². The number of nitrogens with zero attached hydrogens (tertiary/aromatic N) is 8. The maximum atomic E-state index is 12.9. The Morgan fingerprint density at radius 2 is 1.89 bits per heavy atom. The van der Waals surface area contributed by atoms with E-state index in [0.29, 0.717) is 5.56 Å². The summed E-state index contributed by atoms with van der Waals surface area (Å²) in [5, 5.41) is 40.8. The fourth-order valence-corrected chi connectivity index (χ4v) is 3.16. The molecule has 2 aromatic heterocycles. The number of amides is 1. The maximum Gasteiger partial charge on any atom is 0.294 e. The monoisotopic (exact) mass is 498 g/mol. The summed E-state index contributed by atoms with van der Waals surface area (Å²) < 4.78 is 5.63. The minimum atomic E-state index is -0.870. The van der Waals surface area contributed by atoms with Crippen molar-refractivity contribution in [2.45, 2.75) is 0 Å². The molecule has 4 aromatic rings. The van der Waals surface area contributed by atoms with Crippen molar-refractivity contribution in [2.24, 2.45) is 5.10 Å². The Hall–Kier alpha value is -5.25. The van der Waals surface area contributed by atoms with Gasteiger partial charge in [-0.25, -0.2) is 10.1 Å². The molecule has 2 aromatic carbocycles. The van der Waals surface area contributed by atoms with Crippen LogP contribution in [0.15, 0.2) is 52.2 Å². The quantitative estimate of drug-likeness (QED) is 0.213. The smallest absolute Gasteiger partial charge is 0.294 e. The van der Waals surface area contributed by atoms with Gasteiger partial charge in [-0.15, -0.1) is 5.10 Å². The highest BCUT2D eigenvalue weighted by atomic mass is 35.5. The molecule has 176 valence electrons. The third kappa shape index (κ3) is 4.48. The Morgan fingerprint density at radius 3 is 2.51 bits per heavy atom. The van der Waals surface area contributed by atoms with Crippen molar-refractivity contribution in [1.82, 2.24) is 30.7 Å². The minimum absolute atomic E-state index is 0.0276. The van der Waals surface area contributed by atoms with Crippen LogP contribution in [-0.2, 0) is 0 Å². The number of benzene rings is 2. The van der Waals surface area contributed by atoms with Crippen molar-refractivity contribution in [3.8, 4) is 17.1 Å².